The van der Waals surface area contributed by atoms with Gasteiger partial charge in [0.2, 0.25) is 0 Å². The molecular formula is C52H32O. The van der Waals surface area contributed by atoms with E-state index in [4.69, 9.17) is 4.42 Å². The summed E-state index contributed by atoms with van der Waals surface area (Å²) in [5.74, 6) is 0. The summed E-state index contributed by atoms with van der Waals surface area (Å²) in [4.78, 5) is 0. The first-order chi connectivity index (χ1) is 26.3. The third-order valence-corrected chi connectivity index (χ3v) is 11.0. The van der Waals surface area contributed by atoms with Gasteiger partial charge in [0.1, 0.15) is 11.2 Å². The van der Waals surface area contributed by atoms with Crippen LogP contribution in [0, 0.1) is 0 Å². The maximum Gasteiger partial charge on any atom is 0.136 e. The van der Waals surface area contributed by atoms with E-state index in [1.807, 2.05) is 0 Å². The fourth-order valence-electron chi connectivity index (χ4n) is 8.61. The summed E-state index contributed by atoms with van der Waals surface area (Å²) in [5.41, 5.74) is 11.7. The Morgan fingerprint density at radius 1 is 0.245 bits per heavy atom. The Morgan fingerprint density at radius 2 is 0.755 bits per heavy atom. The second kappa shape index (κ2) is 11.8. The number of hydrogen-bond acceptors (Lipinski definition) is 1. The summed E-state index contributed by atoms with van der Waals surface area (Å²) in [6, 6.07) is 70.6. The Kier molecular flexibility index (Phi) is 6.62. The quantitative estimate of drug-likeness (QED) is 0.170. The van der Waals surface area contributed by atoms with Crippen molar-refractivity contribution in [2.24, 2.45) is 0 Å². The smallest absolute Gasteiger partial charge is 0.136 e. The molecule has 0 aliphatic rings. The van der Waals surface area contributed by atoms with Crippen molar-refractivity contribution in [3.8, 4) is 44.5 Å². The molecule has 0 radical (unpaired) electrons. The molecule has 0 fully saturated rings. The molecule has 0 amide bonds. The Labute approximate surface area is 307 Å². The highest BCUT2D eigenvalue weighted by atomic mass is 16.3. The predicted molar refractivity (Wildman–Crippen MR) is 225 cm³/mol. The fraction of sp³-hybridized carbons (Fsp3) is 0. The van der Waals surface area contributed by atoms with Crippen LogP contribution >= 0.6 is 0 Å². The van der Waals surface area contributed by atoms with Gasteiger partial charge >= 0.3 is 0 Å². The number of benzene rings is 10. The second-order valence-corrected chi connectivity index (χ2v) is 14.0. The highest BCUT2D eigenvalue weighted by Crippen LogP contribution is 2.47. The third kappa shape index (κ3) is 4.71. The molecule has 11 aromatic rings. The van der Waals surface area contributed by atoms with E-state index in [-0.39, 0.29) is 0 Å². The van der Waals surface area contributed by atoms with Crippen molar-refractivity contribution in [1.29, 1.82) is 0 Å². The monoisotopic (exact) mass is 672 g/mol. The first-order valence-corrected chi connectivity index (χ1v) is 18.3. The van der Waals surface area contributed by atoms with Crippen LogP contribution < -0.4 is 0 Å². The molecule has 1 nitrogen and oxygen atoms in total. The van der Waals surface area contributed by atoms with Crippen molar-refractivity contribution in [1.82, 2.24) is 0 Å². The van der Waals surface area contributed by atoms with Gasteiger partial charge in [0, 0.05) is 10.8 Å². The topological polar surface area (TPSA) is 13.1 Å². The van der Waals surface area contributed by atoms with E-state index in [1.165, 1.54) is 87.6 Å². The van der Waals surface area contributed by atoms with Crippen LogP contribution in [0.25, 0.3) is 110 Å². The zero-order valence-electron chi connectivity index (χ0n) is 28.9. The highest BCUT2D eigenvalue weighted by Gasteiger charge is 2.19. The van der Waals surface area contributed by atoms with Crippen LogP contribution in [-0.4, -0.2) is 0 Å². The largest absolute Gasteiger partial charge is 0.456 e. The van der Waals surface area contributed by atoms with Crippen LogP contribution in [0.2, 0.25) is 0 Å². The van der Waals surface area contributed by atoms with Crippen molar-refractivity contribution < 1.29 is 4.42 Å². The van der Waals surface area contributed by atoms with E-state index in [1.54, 1.807) is 0 Å². The highest BCUT2D eigenvalue weighted by molar-refractivity contribution is 6.24. The molecule has 1 heteroatoms. The van der Waals surface area contributed by atoms with Gasteiger partial charge in [0.25, 0.3) is 0 Å². The Hall–Kier alpha value is -6.96. The molecule has 0 bridgehead atoms. The lowest BCUT2D eigenvalue weighted by Crippen LogP contribution is -1.92. The van der Waals surface area contributed by atoms with Crippen molar-refractivity contribution in [2.45, 2.75) is 0 Å². The minimum atomic E-state index is 0.909. The van der Waals surface area contributed by atoms with Crippen LogP contribution in [0.15, 0.2) is 199 Å². The van der Waals surface area contributed by atoms with Gasteiger partial charge in [-0.3, -0.25) is 0 Å². The zero-order chi connectivity index (χ0) is 34.9. The molecule has 0 aliphatic carbocycles. The standard InChI is InChI=1S/C52H32O/c1-2-13-33(14-3-1)39-26-27-46(41-20-7-6-19-40(39)41)52-44-23-10-8-21-42(44)51(43-22-9-11-24-45(43)52)38-18-12-17-34(29-38)37-25-28-49-47(31-37)48-30-35-15-4-5-16-36(35)32-50(48)53-49/h1-32H. The molecule has 1 heterocycles. The Balaban J connectivity index is 1.12. The summed E-state index contributed by atoms with van der Waals surface area (Å²) >= 11 is 0. The van der Waals surface area contributed by atoms with Crippen LogP contribution in [0.5, 0.6) is 0 Å². The van der Waals surface area contributed by atoms with E-state index in [0.717, 1.165) is 21.9 Å². The van der Waals surface area contributed by atoms with Crippen molar-refractivity contribution in [3.63, 3.8) is 0 Å². The maximum atomic E-state index is 6.34. The Bertz CT molecular complexity index is 3160. The minimum Gasteiger partial charge on any atom is -0.456 e. The third-order valence-electron chi connectivity index (χ3n) is 11.0. The minimum absolute atomic E-state index is 0.909. The van der Waals surface area contributed by atoms with E-state index in [2.05, 4.69) is 194 Å². The van der Waals surface area contributed by atoms with Crippen LogP contribution in [-0.2, 0) is 0 Å². The van der Waals surface area contributed by atoms with Gasteiger partial charge in [-0.15, -0.1) is 0 Å². The average Bonchev–Trinajstić information content (AvgIpc) is 3.58. The molecule has 0 aliphatic heterocycles. The summed E-state index contributed by atoms with van der Waals surface area (Å²) in [6.45, 7) is 0. The molecular weight excluding hydrogens is 641 g/mol. The summed E-state index contributed by atoms with van der Waals surface area (Å²) in [6.07, 6.45) is 0. The second-order valence-electron chi connectivity index (χ2n) is 14.0. The lowest BCUT2D eigenvalue weighted by Gasteiger charge is -2.20. The van der Waals surface area contributed by atoms with Gasteiger partial charge in [-0.1, -0.05) is 164 Å². The van der Waals surface area contributed by atoms with E-state index in [9.17, 15) is 0 Å². The van der Waals surface area contributed by atoms with Gasteiger partial charge in [-0.25, -0.2) is 0 Å². The summed E-state index contributed by atoms with van der Waals surface area (Å²) < 4.78 is 6.34. The molecule has 11 rings (SSSR count). The summed E-state index contributed by atoms with van der Waals surface area (Å²) in [7, 11) is 0. The average molecular weight is 673 g/mol. The van der Waals surface area contributed by atoms with E-state index >= 15 is 0 Å². The van der Waals surface area contributed by atoms with Gasteiger partial charge in [-0.05, 0) is 118 Å². The number of rotatable bonds is 4. The van der Waals surface area contributed by atoms with Crippen molar-refractivity contribution >= 4 is 65.0 Å². The number of furan rings is 1. The Morgan fingerprint density at radius 3 is 1.47 bits per heavy atom. The molecule has 0 atom stereocenters. The predicted octanol–water partition coefficient (Wildman–Crippen LogP) is 14.9. The summed E-state index contributed by atoms with van der Waals surface area (Å²) in [5, 5.41) is 12.2. The van der Waals surface area contributed by atoms with E-state index < -0.39 is 0 Å². The number of hydrogen-bond donors (Lipinski definition) is 0. The van der Waals surface area contributed by atoms with Gasteiger partial charge in [-0.2, -0.15) is 0 Å². The lowest BCUT2D eigenvalue weighted by molar-refractivity contribution is 0.669. The van der Waals surface area contributed by atoms with Gasteiger partial charge in [0.15, 0.2) is 0 Å². The number of fused-ring (bicyclic) bond motifs is 7. The first-order valence-electron chi connectivity index (χ1n) is 18.3. The molecule has 1 aromatic heterocycles. The lowest BCUT2D eigenvalue weighted by atomic mass is 9.83. The molecule has 0 spiro atoms. The zero-order valence-corrected chi connectivity index (χ0v) is 28.9. The van der Waals surface area contributed by atoms with Gasteiger partial charge < -0.3 is 4.42 Å². The maximum absolute atomic E-state index is 6.34. The SMILES string of the molecule is c1ccc(-c2ccc(-c3c4ccccc4c(-c4cccc(-c5ccc6oc7cc8ccccc8cc7c6c5)c4)c4ccccc34)c3ccccc23)cc1. The molecule has 0 saturated heterocycles. The fourth-order valence-corrected chi connectivity index (χ4v) is 8.61. The van der Waals surface area contributed by atoms with Crippen molar-refractivity contribution in [3.05, 3.63) is 194 Å². The van der Waals surface area contributed by atoms with E-state index in [0.29, 0.717) is 0 Å². The van der Waals surface area contributed by atoms with Gasteiger partial charge in [0.05, 0.1) is 0 Å². The first kappa shape index (κ1) is 29.7. The normalized spacial score (nSPS) is 11.8. The molecule has 10 aromatic carbocycles. The molecule has 0 N–H and O–H groups in total. The molecule has 246 valence electrons. The van der Waals surface area contributed by atoms with Crippen LogP contribution in [0.4, 0.5) is 0 Å². The van der Waals surface area contributed by atoms with Crippen LogP contribution in [0.1, 0.15) is 0 Å². The van der Waals surface area contributed by atoms with Crippen molar-refractivity contribution in [2.75, 3.05) is 0 Å². The van der Waals surface area contributed by atoms with Crippen LogP contribution in [0.3, 0.4) is 0 Å². The molecule has 53 heavy (non-hydrogen) atoms. The molecule has 0 saturated carbocycles. The molecule has 0 unspecified atom stereocenters.